The lowest BCUT2D eigenvalue weighted by Crippen LogP contribution is -2.03. The molecule has 3 aromatic carbocycles. The Hall–Kier alpha value is -1.95. The Labute approximate surface area is 168 Å². The third-order valence-corrected chi connectivity index (χ3v) is 6.51. The lowest BCUT2D eigenvalue weighted by molar-refractivity contribution is 0.0993. The van der Waals surface area contributed by atoms with Crippen LogP contribution >= 0.6 is 39.0 Å². The molecular weight excluding hydrogens is 426 g/mol. The van der Waals surface area contributed by atoms with E-state index in [0.29, 0.717) is 6.42 Å². The van der Waals surface area contributed by atoms with Crippen LogP contribution in [-0.4, -0.2) is 10.8 Å². The number of aromatic nitrogens is 1. The molecule has 0 amide bonds. The number of carbonyl (C=O) groups excluding carboxylic acids is 1. The molecule has 1 heterocycles. The number of rotatable bonds is 5. The number of hydrogen-bond donors (Lipinski definition) is 0. The van der Waals surface area contributed by atoms with Crippen molar-refractivity contribution in [1.29, 1.82) is 0 Å². The van der Waals surface area contributed by atoms with Crippen LogP contribution in [0.5, 0.6) is 0 Å². The Kier molecular flexibility index (Phi) is 5.20. The van der Waals surface area contributed by atoms with Crippen LogP contribution in [0.3, 0.4) is 0 Å². The lowest BCUT2D eigenvalue weighted by Gasteiger charge is -2.04. The van der Waals surface area contributed by atoms with Gasteiger partial charge in [0.05, 0.1) is 10.2 Å². The van der Waals surface area contributed by atoms with E-state index in [4.69, 9.17) is 0 Å². The van der Waals surface area contributed by atoms with Gasteiger partial charge in [0, 0.05) is 21.4 Å². The first-order valence-corrected chi connectivity index (χ1v) is 10.5. The summed E-state index contributed by atoms with van der Waals surface area (Å²) in [5.74, 6) is 0.123. The minimum atomic E-state index is 0.123. The predicted octanol–water partition coefficient (Wildman–Crippen LogP) is 6.64. The number of thiazole rings is 1. The van der Waals surface area contributed by atoms with E-state index in [1.165, 1.54) is 4.70 Å². The van der Waals surface area contributed by atoms with Gasteiger partial charge in [-0.25, -0.2) is 4.98 Å². The molecule has 4 aromatic rings. The van der Waals surface area contributed by atoms with Crippen molar-refractivity contribution in [3.05, 3.63) is 88.4 Å². The summed E-state index contributed by atoms with van der Waals surface area (Å²) in [6.07, 6.45) is 0.405. The number of hydrogen-bond acceptors (Lipinski definition) is 4. The molecule has 0 aliphatic carbocycles. The fourth-order valence-corrected chi connectivity index (χ4v) is 5.06. The van der Waals surface area contributed by atoms with Gasteiger partial charge in [-0.1, -0.05) is 64.1 Å². The van der Waals surface area contributed by atoms with Crippen molar-refractivity contribution >= 4 is 55.0 Å². The summed E-state index contributed by atoms with van der Waals surface area (Å²) in [6.45, 7) is 0. The first-order chi connectivity index (χ1) is 12.7. The van der Waals surface area contributed by atoms with Crippen LogP contribution in [-0.2, 0) is 6.42 Å². The second-order valence-corrected chi connectivity index (χ2v) is 9.07. The van der Waals surface area contributed by atoms with Gasteiger partial charge in [-0.2, -0.15) is 0 Å². The second kappa shape index (κ2) is 7.74. The monoisotopic (exact) mass is 439 g/mol. The molecule has 1 aromatic heterocycles. The number of halogens is 1. The Morgan fingerprint density at radius 2 is 1.81 bits per heavy atom. The molecule has 0 saturated carbocycles. The summed E-state index contributed by atoms with van der Waals surface area (Å²) < 4.78 is 3.15. The molecule has 0 bridgehead atoms. The van der Waals surface area contributed by atoms with Gasteiger partial charge in [-0.3, -0.25) is 4.79 Å². The molecule has 26 heavy (non-hydrogen) atoms. The summed E-state index contributed by atoms with van der Waals surface area (Å²) >= 11 is 6.76. The van der Waals surface area contributed by atoms with E-state index in [0.717, 1.165) is 30.4 Å². The normalized spacial score (nSPS) is 11.0. The zero-order chi connectivity index (χ0) is 17.9. The number of nitrogens with zero attached hydrogens (tertiary/aromatic N) is 1. The minimum absolute atomic E-state index is 0.123. The third kappa shape index (κ3) is 4.06. The molecule has 5 heteroatoms. The zero-order valence-corrected chi connectivity index (χ0v) is 16.9. The van der Waals surface area contributed by atoms with Gasteiger partial charge in [-0.05, 0) is 42.0 Å². The van der Waals surface area contributed by atoms with Crippen LogP contribution in [0.2, 0.25) is 0 Å². The highest BCUT2D eigenvalue weighted by molar-refractivity contribution is 9.10. The van der Waals surface area contributed by atoms with E-state index in [-0.39, 0.29) is 5.78 Å². The zero-order valence-electron chi connectivity index (χ0n) is 13.7. The maximum atomic E-state index is 12.4. The molecule has 2 nitrogen and oxygen atoms in total. The van der Waals surface area contributed by atoms with Crippen molar-refractivity contribution in [2.75, 3.05) is 0 Å². The summed E-state index contributed by atoms with van der Waals surface area (Å²) in [7, 11) is 0. The van der Waals surface area contributed by atoms with Crippen LogP contribution in [0.4, 0.5) is 0 Å². The van der Waals surface area contributed by atoms with Gasteiger partial charge in [0.2, 0.25) is 0 Å². The average molecular weight is 440 g/mol. The molecule has 0 N–H and O–H groups in total. The largest absolute Gasteiger partial charge is 0.294 e. The number of fused-ring (bicyclic) bond motifs is 1. The highest BCUT2D eigenvalue weighted by Gasteiger charge is 2.09. The summed E-state index contributed by atoms with van der Waals surface area (Å²) in [5, 5.41) is 0. The molecule has 0 aliphatic heterocycles. The van der Waals surface area contributed by atoms with E-state index in [2.05, 4.69) is 39.1 Å². The molecule has 128 valence electrons. The summed E-state index contributed by atoms with van der Waals surface area (Å²) in [4.78, 5) is 18.2. The highest BCUT2D eigenvalue weighted by atomic mass is 79.9. The first kappa shape index (κ1) is 17.5. The van der Waals surface area contributed by atoms with E-state index in [9.17, 15) is 4.79 Å². The van der Waals surface area contributed by atoms with Crippen molar-refractivity contribution < 1.29 is 4.79 Å². The summed E-state index contributed by atoms with van der Waals surface area (Å²) in [6, 6.07) is 23.8. The number of Topliss-reactive ketones (excluding diaryl/α,β-unsaturated/α-hetero) is 1. The van der Waals surface area contributed by atoms with E-state index in [1.54, 1.807) is 23.1 Å². The van der Waals surface area contributed by atoms with Crippen LogP contribution in [0, 0.1) is 0 Å². The standard InChI is InChI=1S/C21H14BrNOS2/c22-16-5-3-4-15(13-16)19(24)12-14-8-10-17(11-9-14)25-21-23-18-6-1-2-7-20(18)26-21/h1-11,13H,12H2. The van der Waals surface area contributed by atoms with E-state index >= 15 is 0 Å². The van der Waals surface area contributed by atoms with Crippen molar-refractivity contribution in [2.45, 2.75) is 15.7 Å². The number of ketones is 1. The molecule has 0 fully saturated rings. The summed E-state index contributed by atoms with van der Waals surface area (Å²) in [5.41, 5.74) is 2.78. The Morgan fingerprint density at radius 1 is 1.00 bits per heavy atom. The van der Waals surface area contributed by atoms with E-state index in [1.807, 2.05) is 54.6 Å². The van der Waals surface area contributed by atoms with Gasteiger partial charge in [-0.15, -0.1) is 11.3 Å². The van der Waals surface area contributed by atoms with Crippen molar-refractivity contribution in [2.24, 2.45) is 0 Å². The number of carbonyl (C=O) groups is 1. The number of para-hydroxylation sites is 1. The molecule has 0 atom stereocenters. The van der Waals surface area contributed by atoms with Crippen molar-refractivity contribution in [3.8, 4) is 0 Å². The SMILES string of the molecule is O=C(Cc1ccc(Sc2nc3ccccc3s2)cc1)c1cccc(Br)c1. The Balaban J connectivity index is 1.45. The maximum Gasteiger partial charge on any atom is 0.167 e. The first-order valence-electron chi connectivity index (χ1n) is 8.08. The fraction of sp³-hybridized carbons (Fsp3) is 0.0476. The van der Waals surface area contributed by atoms with Crippen molar-refractivity contribution in [3.63, 3.8) is 0 Å². The van der Waals surface area contributed by atoms with Crippen molar-refractivity contribution in [1.82, 2.24) is 4.98 Å². The van der Waals surface area contributed by atoms with Gasteiger partial charge in [0.25, 0.3) is 0 Å². The van der Waals surface area contributed by atoms with Crippen LogP contribution in [0.15, 0.2) is 86.5 Å². The molecular formula is C21H14BrNOS2. The maximum absolute atomic E-state index is 12.4. The van der Waals surface area contributed by atoms with E-state index < -0.39 is 0 Å². The van der Waals surface area contributed by atoms with Gasteiger partial charge >= 0.3 is 0 Å². The topological polar surface area (TPSA) is 30.0 Å². The Bertz CT molecular complexity index is 1040. The second-order valence-electron chi connectivity index (χ2n) is 5.80. The Morgan fingerprint density at radius 3 is 2.58 bits per heavy atom. The number of benzene rings is 3. The van der Waals surface area contributed by atoms with Crippen LogP contribution in [0.1, 0.15) is 15.9 Å². The predicted molar refractivity (Wildman–Crippen MR) is 112 cm³/mol. The fourth-order valence-electron chi connectivity index (χ4n) is 2.62. The van der Waals surface area contributed by atoms with Gasteiger partial charge in [0.15, 0.2) is 10.1 Å². The molecule has 0 radical (unpaired) electrons. The minimum Gasteiger partial charge on any atom is -0.294 e. The molecule has 0 saturated heterocycles. The van der Waals surface area contributed by atoms with Gasteiger partial charge in [0.1, 0.15) is 0 Å². The highest BCUT2D eigenvalue weighted by Crippen LogP contribution is 2.34. The molecule has 4 rings (SSSR count). The third-order valence-electron chi connectivity index (χ3n) is 3.91. The quantitative estimate of drug-likeness (QED) is 0.326. The molecule has 0 unspecified atom stereocenters. The smallest absolute Gasteiger partial charge is 0.167 e. The van der Waals surface area contributed by atoms with Gasteiger partial charge < -0.3 is 0 Å². The average Bonchev–Trinajstić information content (AvgIpc) is 3.05. The lowest BCUT2D eigenvalue weighted by atomic mass is 10.0. The molecule has 0 spiro atoms. The van der Waals surface area contributed by atoms with Crippen LogP contribution < -0.4 is 0 Å². The molecule has 0 aliphatic rings. The van der Waals surface area contributed by atoms with Crippen LogP contribution in [0.25, 0.3) is 10.2 Å².